The quantitative estimate of drug-likeness (QED) is 0.102. The monoisotopic (exact) mass is 560 g/mol. The molecule has 1 amide bonds. The van der Waals surface area contributed by atoms with Gasteiger partial charge in [-0.3, -0.25) is 4.79 Å². The van der Waals surface area contributed by atoms with Crippen LogP contribution in [0.15, 0.2) is 59.7 Å². The van der Waals surface area contributed by atoms with Crippen LogP contribution >= 0.6 is 23.2 Å². The second-order valence-corrected chi connectivity index (χ2v) is 8.54. The lowest BCUT2D eigenvalue weighted by Gasteiger charge is -2.13. The van der Waals surface area contributed by atoms with Gasteiger partial charge in [0, 0.05) is 11.4 Å². The van der Waals surface area contributed by atoms with Crippen molar-refractivity contribution in [1.82, 2.24) is 5.43 Å². The molecule has 0 saturated carbocycles. The maximum absolute atomic E-state index is 12.7. The summed E-state index contributed by atoms with van der Waals surface area (Å²) in [6.07, 6.45) is 2.11. The molecule has 9 nitrogen and oxygen atoms in total. The molecule has 0 heterocycles. The van der Waals surface area contributed by atoms with E-state index in [1.54, 1.807) is 42.5 Å². The molecule has 3 aromatic rings. The van der Waals surface area contributed by atoms with Gasteiger partial charge < -0.3 is 23.7 Å². The van der Waals surface area contributed by atoms with Crippen LogP contribution in [-0.4, -0.2) is 46.0 Å². The van der Waals surface area contributed by atoms with Crippen LogP contribution < -0.4 is 29.1 Å². The Kier molecular flexibility index (Phi) is 10.6. The van der Waals surface area contributed by atoms with Gasteiger partial charge in [-0.25, -0.2) is 10.2 Å². The number of nitrogens with zero attached hydrogens (tertiary/aromatic N) is 1. The largest absolute Gasteiger partial charge is 0.493 e. The van der Waals surface area contributed by atoms with Crippen LogP contribution in [0, 0.1) is 0 Å². The van der Waals surface area contributed by atoms with Crippen molar-refractivity contribution in [3.8, 4) is 28.7 Å². The third-order valence-corrected chi connectivity index (χ3v) is 5.60. The number of amides is 1. The molecule has 0 aromatic heterocycles. The summed E-state index contributed by atoms with van der Waals surface area (Å²) in [7, 11) is 4.39. The zero-order chi connectivity index (χ0) is 27.5. The van der Waals surface area contributed by atoms with Crippen molar-refractivity contribution in [1.29, 1.82) is 0 Å². The number of hydrazone groups is 1. The molecule has 0 aliphatic carbocycles. The normalized spacial score (nSPS) is 10.7. The Bertz CT molecular complexity index is 1290. The lowest BCUT2D eigenvalue weighted by molar-refractivity contribution is -0.121. The molecule has 3 rings (SSSR count). The molecule has 0 radical (unpaired) electrons. The van der Waals surface area contributed by atoms with E-state index in [4.69, 9.17) is 46.9 Å². The minimum atomic E-state index is -0.617. The third-order valence-electron chi connectivity index (χ3n) is 5.07. The van der Waals surface area contributed by atoms with E-state index in [1.165, 1.54) is 39.7 Å². The van der Waals surface area contributed by atoms with Crippen molar-refractivity contribution in [3.63, 3.8) is 0 Å². The lowest BCUT2D eigenvalue weighted by atomic mass is 10.1. The van der Waals surface area contributed by atoms with E-state index in [1.807, 2.05) is 0 Å². The maximum atomic E-state index is 12.7. The van der Waals surface area contributed by atoms with Crippen LogP contribution in [0.2, 0.25) is 10.0 Å². The van der Waals surface area contributed by atoms with Gasteiger partial charge in [-0.2, -0.15) is 5.10 Å². The third kappa shape index (κ3) is 8.03. The summed E-state index contributed by atoms with van der Waals surface area (Å²) in [6, 6.07) is 14.6. The SMILES string of the molecule is COc1cc(C(=O)Oc2cccc(C=NNC(=O)CCCOc3ccc(Cl)cc3Cl)c2)cc(OC)c1OC. The van der Waals surface area contributed by atoms with Crippen molar-refractivity contribution in [2.75, 3.05) is 27.9 Å². The van der Waals surface area contributed by atoms with Crippen LogP contribution in [0.3, 0.4) is 0 Å². The summed E-state index contributed by atoms with van der Waals surface area (Å²) >= 11 is 11.9. The molecule has 0 aliphatic heterocycles. The minimum Gasteiger partial charge on any atom is -0.493 e. The van der Waals surface area contributed by atoms with Crippen LogP contribution in [0.25, 0.3) is 0 Å². The molecule has 0 saturated heterocycles. The summed E-state index contributed by atoms with van der Waals surface area (Å²) < 4.78 is 26.9. The van der Waals surface area contributed by atoms with Gasteiger partial charge in [-0.05, 0) is 54.4 Å². The highest BCUT2D eigenvalue weighted by molar-refractivity contribution is 6.35. The Morgan fingerprint density at radius 3 is 2.32 bits per heavy atom. The molecule has 0 fully saturated rings. The summed E-state index contributed by atoms with van der Waals surface area (Å²) in [4.78, 5) is 24.8. The minimum absolute atomic E-state index is 0.203. The molecule has 0 unspecified atom stereocenters. The average molecular weight is 561 g/mol. The summed E-state index contributed by atoms with van der Waals surface area (Å²) in [5.41, 5.74) is 3.28. The van der Waals surface area contributed by atoms with Gasteiger partial charge >= 0.3 is 5.97 Å². The standard InChI is InChI=1S/C27H26Cl2N2O7/c1-34-23-13-18(14-24(35-2)26(23)36-3)27(33)38-20-7-4-6-17(12-20)16-30-31-25(32)8-5-11-37-22-10-9-19(28)15-21(22)29/h4,6-7,9-10,12-16H,5,8,11H2,1-3H3,(H,31,32). The topological polar surface area (TPSA) is 105 Å². The molecule has 0 spiro atoms. The molecule has 38 heavy (non-hydrogen) atoms. The van der Waals surface area contributed by atoms with E-state index in [0.29, 0.717) is 51.6 Å². The first kappa shape index (κ1) is 28.6. The van der Waals surface area contributed by atoms with Crippen LogP contribution in [0.1, 0.15) is 28.8 Å². The van der Waals surface area contributed by atoms with Gasteiger partial charge in [0.2, 0.25) is 11.7 Å². The van der Waals surface area contributed by atoms with Crippen molar-refractivity contribution < 1.29 is 33.3 Å². The lowest BCUT2D eigenvalue weighted by Crippen LogP contribution is -2.18. The van der Waals surface area contributed by atoms with E-state index in [0.717, 1.165) is 0 Å². The molecule has 0 atom stereocenters. The second-order valence-electron chi connectivity index (χ2n) is 7.70. The Morgan fingerprint density at radius 2 is 1.66 bits per heavy atom. The van der Waals surface area contributed by atoms with Crippen LogP contribution in [0.5, 0.6) is 28.7 Å². The number of esters is 1. The van der Waals surface area contributed by atoms with Gasteiger partial charge in [0.1, 0.15) is 11.5 Å². The van der Waals surface area contributed by atoms with Crippen LogP contribution in [0.4, 0.5) is 0 Å². The number of hydrogen-bond donors (Lipinski definition) is 1. The molecular weight excluding hydrogens is 535 g/mol. The molecule has 0 aliphatic rings. The van der Waals surface area contributed by atoms with Crippen molar-refractivity contribution >= 4 is 41.3 Å². The molecule has 200 valence electrons. The van der Waals surface area contributed by atoms with Gasteiger partial charge in [-0.1, -0.05) is 35.3 Å². The van der Waals surface area contributed by atoms with E-state index in [2.05, 4.69) is 10.5 Å². The van der Waals surface area contributed by atoms with Gasteiger partial charge in [0.15, 0.2) is 11.5 Å². The van der Waals surface area contributed by atoms with Crippen molar-refractivity contribution in [2.45, 2.75) is 12.8 Å². The average Bonchev–Trinajstić information content (AvgIpc) is 2.91. The molecule has 3 aromatic carbocycles. The molecule has 1 N–H and O–H groups in total. The fourth-order valence-corrected chi connectivity index (χ4v) is 3.73. The van der Waals surface area contributed by atoms with E-state index in [-0.39, 0.29) is 23.6 Å². The maximum Gasteiger partial charge on any atom is 0.343 e. The first-order valence-electron chi connectivity index (χ1n) is 11.4. The number of methoxy groups -OCH3 is 3. The summed E-state index contributed by atoms with van der Waals surface area (Å²) in [6.45, 7) is 0.303. The first-order chi connectivity index (χ1) is 18.3. The number of nitrogens with one attached hydrogen (secondary N) is 1. The number of hydrogen-bond acceptors (Lipinski definition) is 8. The fraction of sp³-hybridized carbons (Fsp3) is 0.222. The highest BCUT2D eigenvalue weighted by Gasteiger charge is 2.18. The molecule has 0 bridgehead atoms. The van der Waals surface area contributed by atoms with Gasteiger partial charge in [0.25, 0.3) is 0 Å². The predicted molar refractivity (Wildman–Crippen MR) is 144 cm³/mol. The number of rotatable bonds is 12. The number of carbonyl (C=O) groups is 2. The summed E-state index contributed by atoms with van der Waals surface area (Å²) in [5.74, 6) is 0.917. The zero-order valence-corrected chi connectivity index (χ0v) is 22.5. The Balaban J connectivity index is 1.51. The zero-order valence-electron chi connectivity index (χ0n) is 21.0. The number of carbonyl (C=O) groups excluding carboxylic acids is 2. The molecular formula is C27H26Cl2N2O7. The Morgan fingerprint density at radius 1 is 0.921 bits per heavy atom. The summed E-state index contributed by atoms with van der Waals surface area (Å²) in [5, 5.41) is 4.88. The van der Waals surface area contributed by atoms with Crippen molar-refractivity contribution in [3.05, 3.63) is 75.8 Å². The Hall–Kier alpha value is -3.95. The van der Waals surface area contributed by atoms with E-state index in [9.17, 15) is 9.59 Å². The van der Waals surface area contributed by atoms with Crippen LogP contribution in [-0.2, 0) is 4.79 Å². The van der Waals surface area contributed by atoms with E-state index >= 15 is 0 Å². The highest BCUT2D eigenvalue weighted by Crippen LogP contribution is 2.38. The number of ether oxygens (including phenoxy) is 5. The van der Waals surface area contributed by atoms with Gasteiger partial charge in [-0.15, -0.1) is 0 Å². The van der Waals surface area contributed by atoms with Gasteiger partial charge in [0.05, 0.1) is 44.7 Å². The smallest absolute Gasteiger partial charge is 0.343 e. The van der Waals surface area contributed by atoms with Crippen molar-refractivity contribution in [2.24, 2.45) is 5.10 Å². The molecule has 11 heteroatoms. The number of halogens is 2. The van der Waals surface area contributed by atoms with E-state index < -0.39 is 5.97 Å². The Labute approximate surface area is 230 Å². The fourth-order valence-electron chi connectivity index (χ4n) is 3.27. The number of benzene rings is 3. The first-order valence-corrected chi connectivity index (χ1v) is 12.1. The highest BCUT2D eigenvalue weighted by atomic mass is 35.5. The second kappa shape index (κ2) is 14.1. The predicted octanol–water partition coefficient (Wildman–Crippen LogP) is 5.55.